The van der Waals surface area contributed by atoms with Gasteiger partial charge in [0.15, 0.2) is 0 Å². The third-order valence-electron chi connectivity index (χ3n) is 3.92. The van der Waals surface area contributed by atoms with Gasteiger partial charge in [0.25, 0.3) is 0 Å². The van der Waals surface area contributed by atoms with Gasteiger partial charge in [-0.15, -0.1) is 0 Å². The van der Waals surface area contributed by atoms with Crippen molar-refractivity contribution in [3.63, 3.8) is 0 Å². The van der Waals surface area contributed by atoms with Gasteiger partial charge in [-0.1, -0.05) is 6.92 Å². The molecule has 0 radical (unpaired) electrons. The molecule has 1 fully saturated rings. The number of benzene rings is 1. The van der Waals surface area contributed by atoms with Crippen LogP contribution in [0.1, 0.15) is 42.1 Å². The Morgan fingerprint density at radius 2 is 2.00 bits per heavy atom. The number of aromatic carboxylic acids is 1. The topological polar surface area (TPSA) is 40.5 Å². The van der Waals surface area contributed by atoms with Crippen molar-refractivity contribution in [3.8, 4) is 0 Å². The summed E-state index contributed by atoms with van der Waals surface area (Å²) in [4.78, 5) is 12.8. The number of nitrogens with zero attached hydrogens (tertiary/aromatic N) is 1. The van der Waals surface area contributed by atoms with Crippen LogP contribution in [0.3, 0.4) is 0 Å². The van der Waals surface area contributed by atoms with Gasteiger partial charge in [0.2, 0.25) is 0 Å². The van der Waals surface area contributed by atoms with Crippen molar-refractivity contribution in [2.45, 2.75) is 32.4 Å². The first-order chi connectivity index (χ1) is 9.79. The van der Waals surface area contributed by atoms with Crippen molar-refractivity contribution >= 4 is 11.7 Å². The normalized spacial score (nSPS) is 20.2. The number of hydrogen-bond acceptors (Lipinski definition) is 2. The summed E-state index contributed by atoms with van der Waals surface area (Å²) < 4.78 is 39.0. The lowest BCUT2D eigenvalue weighted by atomic mass is 10.0. The zero-order chi connectivity index (χ0) is 15.6. The second-order valence-corrected chi connectivity index (χ2v) is 5.56. The van der Waals surface area contributed by atoms with Gasteiger partial charge in [-0.2, -0.15) is 13.2 Å². The van der Waals surface area contributed by atoms with Gasteiger partial charge in [0.05, 0.1) is 11.1 Å². The minimum Gasteiger partial charge on any atom is -0.478 e. The molecule has 0 aromatic heterocycles. The smallest absolute Gasteiger partial charge is 0.417 e. The maximum atomic E-state index is 13.0. The van der Waals surface area contributed by atoms with E-state index in [2.05, 4.69) is 6.92 Å². The Morgan fingerprint density at radius 1 is 1.29 bits per heavy atom. The van der Waals surface area contributed by atoms with Crippen molar-refractivity contribution in [1.82, 2.24) is 0 Å². The van der Waals surface area contributed by atoms with Crippen LogP contribution in [0.4, 0.5) is 18.9 Å². The van der Waals surface area contributed by atoms with Crippen LogP contribution in [-0.2, 0) is 6.18 Å². The largest absolute Gasteiger partial charge is 0.478 e. The molecule has 116 valence electrons. The summed E-state index contributed by atoms with van der Waals surface area (Å²) in [5, 5.41) is 8.90. The van der Waals surface area contributed by atoms with E-state index in [0.29, 0.717) is 24.7 Å². The van der Waals surface area contributed by atoms with Crippen LogP contribution in [0.25, 0.3) is 0 Å². The van der Waals surface area contributed by atoms with Crippen molar-refractivity contribution in [3.05, 3.63) is 29.3 Å². The second-order valence-electron chi connectivity index (χ2n) is 5.56. The van der Waals surface area contributed by atoms with E-state index in [-0.39, 0.29) is 0 Å². The fourth-order valence-corrected chi connectivity index (χ4v) is 2.67. The van der Waals surface area contributed by atoms with Gasteiger partial charge in [0.1, 0.15) is 0 Å². The molecular formula is C15H18F3NO2. The van der Waals surface area contributed by atoms with Crippen molar-refractivity contribution in [2.24, 2.45) is 5.92 Å². The number of carbonyl (C=O) groups is 1. The molecule has 1 heterocycles. The number of alkyl halides is 3. The van der Waals surface area contributed by atoms with Crippen LogP contribution >= 0.6 is 0 Å². The monoisotopic (exact) mass is 301 g/mol. The highest BCUT2D eigenvalue weighted by Gasteiger charge is 2.36. The standard InChI is InChI=1S/C15H18F3NO2/c1-10-3-2-7-19(8-6-10)11-4-5-12(14(20)21)13(9-11)15(16,17)18/h4-5,9-10H,2-3,6-8H2,1H3,(H,20,21). The molecule has 1 atom stereocenters. The van der Waals surface area contributed by atoms with E-state index in [1.165, 1.54) is 6.07 Å². The van der Waals surface area contributed by atoms with Gasteiger partial charge in [0, 0.05) is 18.8 Å². The van der Waals surface area contributed by atoms with Gasteiger partial charge >= 0.3 is 12.1 Å². The molecule has 6 heteroatoms. The fourth-order valence-electron chi connectivity index (χ4n) is 2.67. The van der Waals surface area contributed by atoms with Crippen LogP contribution in [0, 0.1) is 5.92 Å². The number of rotatable bonds is 2. The summed E-state index contributed by atoms with van der Waals surface area (Å²) in [7, 11) is 0. The van der Waals surface area contributed by atoms with E-state index in [4.69, 9.17) is 5.11 Å². The molecule has 1 aliphatic rings. The van der Waals surface area contributed by atoms with E-state index in [1.807, 2.05) is 4.90 Å². The van der Waals surface area contributed by atoms with E-state index in [0.717, 1.165) is 31.4 Å². The van der Waals surface area contributed by atoms with Gasteiger partial charge in [-0.3, -0.25) is 0 Å². The molecule has 0 amide bonds. The lowest BCUT2D eigenvalue weighted by molar-refractivity contribution is -0.138. The Bertz CT molecular complexity index is 528. The molecule has 1 aromatic carbocycles. The van der Waals surface area contributed by atoms with Crippen LogP contribution in [0.5, 0.6) is 0 Å². The lowest BCUT2D eigenvalue weighted by Crippen LogP contribution is -2.25. The zero-order valence-corrected chi connectivity index (χ0v) is 11.8. The first-order valence-electron chi connectivity index (χ1n) is 6.98. The first kappa shape index (κ1) is 15.7. The molecule has 3 nitrogen and oxygen atoms in total. The molecule has 0 saturated carbocycles. The average Bonchev–Trinajstić information content (AvgIpc) is 2.62. The highest BCUT2D eigenvalue weighted by Crippen LogP contribution is 2.35. The van der Waals surface area contributed by atoms with Crippen LogP contribution < -0.4 is 4.90 Å². The van der Waals surface area contributed by atoms with Crippen molar-refractivity contribution < 1.29 is 23.1 Å². The minimum absolute atomic E-state index is 0.446. The highest BCUT2D eigenvalue weighted by molar-refractivity contribution is 5.90. The van der Waals surface area contributed by atoms with Crippen molar-refractivity contribution in [2.75, 3.05) is 18.0 Å². The summed E-state index contributed by atoms with van der Waals surface area (Å²) in [6, 6.07) is 3.48. The number of carboxylic acids is 1. The summed E-state index contributed by atoms with van der Waals surface area (Å²) in [6.07, 6.45) is -1.73. The molecule has 1 N–H and O–H groups in total. The third kappa shape index (κ3) is 3.68. The number of anilines is 1. The van der Waals surface area contributed by atoms with E-state index >= 15 is 0 Å². The minimum atomic E-state index is -4.66. The van der Waals surface area contributed by atoms with Crippen molar-refractivity contribution in [1.29, 1.82) is 0 Å². The first-order valence-corrected chi connectivity index (χ1v) is 6.98. The molecule has 1 aromatic rings. The van der Waals surface area contributed by atoms with Crippen LogP contribution in [-0.4, -0.2) is 24.2 Å². The number of halogens is 3. The van der Waals surface area contributed by atoms with E-state index < -0.39 is 23.3 Å². The maximum absolute atomic E-state index is 13.0. The van der Waals surface area contributed by atoms with E-state index in [9.17, 15) is 18.0 Å². The molecule has 1 aliphatic heterocycles. The Morgan fingerprint density at radius 3 is 2.62 bits per heavy atom. The van der Waals surface area contributed by atoms with E-state index in [1.54, 1.807) is 0 Å². The Hall–Kier alpha value is -1.72. The predicted molar refractivity (Wildman–Crippen MR) is 73.6 cm³/mol. The quantitative estimate of drug-likeness (QED) is 0.896. The van der Waals surface area contributed by atoms with Crippen LogP contribution in [0.15, 0.2) is 18.2 Å². The zero-order valence-electron chi connectivity index (χ0n) is 11.8. The molecule has 2 rings (SSSR count). The van der Waals surface area contributed by atoms with Gasteiger partial charge in [-0.05, 0) is 43.4 Å². The molecular weight excluding hydrogens is 283 g/mol. The highest BCUT2D eigenvalue weighted by atomic mass is 19.4. The predicted octanol–water partition coefficient (Wildman–Crippen LogP) is 4.03. The summed E-state index contributed by atoms with van der Waals surface area (Å²) in [5.74, 6) is -0.992. The van der Waals surface area contributed by atoms with Gasteiger partial charge in [-0.25, -0.2) is 4.79 Å². The fraction of sp³-hybridized carbons (Fsp3) is 0.533. The number of carboxylic acid groups (broad SMARTS) is 1. The Balaban J connectivity index is 2.35. The SMILES string of the molecule is CC1CCCN(c2ccc(C(=O)O)c(C(F)(F)F)c2)CC1. The Kier molecular flexibility index (Phi) is 4.44. The second kappa shape index (κ2) is 5.95. The number of hydrogen-bond donors (Lipinski definition) is 1. The molecule has 1 unspecified atom stereocenters. The maximum Gasteiger partial charge on any atom is 0.417 e. The molecule has 0 aliphatic carbocycles. The van der Waals surface area contributed by atoms with Crippen LogP contribution in [0.2, 0.25) is 0 Å². The lowest BCUT2D eigenvalue weighted by Gasteiger charge is -2.24. The average molecular weight is 301 g/mol. The molecule has 0 spiro atoms. The summed E-state index contributed by atoms with van der Waals surface area (Å²) in [5.41, 5.74) is -1.33. The summed E-state index contributed by atoms with van der Waals surface area (Å²) in [6.45, 7) is 3.54. The summed E-state index contributed by atoms with van der Waals surface area (Å²) >= 11 is 0. The molecule has 21 heavy (non-hydrogen) atoms. The molecule has 0 bridgehead atoms. The third-order valence-corrected chi connectivity index (χ3v) is 3.92. The Labute approximate surface area is 121 Å². The van der Waals surface area contributed by atoms with Gasteiger partial charge < -0.3 is 10.0 Å². The molecule has 1 saturated heterocycles.